The summed E-state index contributed by atoms with van der Waals surface area (Å²) < 4.78 is 1.96. The van der Waals surface area contributed by atoms with E-state index in [-0.39, 0.29) is 0 Å². The van der Waals surface area contributed by atoms with Crippen LogP contribution >= 0.6 is 11.3 Å². The number of aliphatic carboxylic acids is 1. The molecule has 5 nitrogen and oxygen atoms in total. The van der Waals surface area contributed by atoms with Gasteiger partial charge in [-0.05, 0) is 24.3 Å². The highest BCUT2D eigenvalue weighted by atomic mass is 32.1. The SMILES string of the molecule is CC1(C)CCN(c2nc3sccn3c2C=CC(=O)O)CC1. The fourth-order valence-corrected chi connectivity index (χ4v) is 3.37. The lowest BCUT2D eigenvalue weighted by Gasteiger charge is -2.37. The molecule has 0 saturated carbocycles. The smallest absolute Gasteiger partial charge is 0.328 e. The molecule has 2 aromatic rings. The fraction of sp³-hybridized carbons (Fsp3) is 0.467. The molecule has 3 heterocycles. The first-order chi connectivity index (χ1) is 9.96. The van der Waals surface area contributed by atoms with Gasteiger partial charge in [0.15, 0.2) is 10.8 Å². The van der Waals surface area contributed by atoms with Crippen LogP contribution in [-0.2, 0) is 4.79 Å². The molecule has 1 aliphatic heterocycles. The lowest BCUT2D eigenvalue weighted by Crippen LogP contribution is -2.37. The Morgan fingerprint density at radius 2 is 2.14 bits per heavy atom. The average molecular weight is 305 g/mol. The van der Waals surface area contributed by atoms with Crippen LogP contribution in [0.25, 0.3) is 11.0 Å². The van der Waals surface area contributed by atoms with Crippen LogP contribution < -0.4 is 4.90 Å². The van der Waals surface area contributed by atoms with E-state index < -0.39 is 5.97 Å². The molecule has 0 spiro atoms. The van der Waals surface area contributed by atoms with Crippen LogP contribution in [0.4, 0.5) is 5.82 Å². The first-order valence-corrected chi connectivity index (χ1v) is 7.96. The maximum Gasteiger partial charge on any atom is 0.328 e. The van der Waals surface area contributed by atoms with Crippen molar-refractivity contribution >= 4 is 34.2 Å². The number of fused-ring (bicyclic) bond motifs is 1. The Balaban J connectivity index is 1.96. The molecule has 1 fully saturated rings. The molecule has 1 N–H and O–H groups in total. The zero-order valence-electron chi connectivity index (χ0n) is 12.2. The Bertz CT molecular complexity index is 689. The van der Waals surface area contributed by atoms with Crippen molar-refractivity contribution < 1.29 is 9.90 Å². The van der Waals surface area contributed by atoms with E-state index in [4.69, 9.17) is 5.11 Å². The van der Waals surface area contributed by atoms with Crippen LogP contribution in [-0.4, -0.2) is 33.6 Å². The molecule has 0 aliphatic carbocycles. The lowest BCUT2D eigenvalue weighted by molar-refractivity contribution is -0.131. The van der Waals surface area contributed by atoms with Crippen molar-refractivity contribution in [2.24, 2.45) is 5.41 Å². The maximum atomic E-state index is 10.8. The molecule has 0 unspecified atom stereocenters. The summed E-state index contributed by atoms with van der Waals surface area (Å²) in [5.74, 6) is -0.0410. The molecule has 0 atom stereocenters. The second kappa shape index (κ2) is 5.18. The Hall–Kier alpha value is -1.82. The van der Waals surface area contributed by atoms with Gasteiger partial charge in [0.1, 0.15) is 0 Å². The first kappa shape index (κ1) is 14.1. The van der Waals surface area contributed by atoms with Gasteiger partial charge in [-0.3, -0.25) is 4.40 Å². The second-order valence-electron chi connectivity index (χ2n) is 6.20. The third-order valence-electron chi connectivity index (χ3n) is 4.08. The molecule has 21 heavy (non-hydrogen) atoms. The maximum absolute atomic E-state index is 10.8. The summed E-state index contributed by atoms with van der Waals surface area (Å²) in [5.41, 5.74) is 1.23. The van der Waals surface area contributed by atoms with Crippen LogP contribution in [0.5, 0.6) is 0 Å². The molecule has 2 aromatic heterocycles. The van der Waals surface area contributed by atoms with E-state index in [1.165, 1.54) is 6.08 Å². The number of carbonyl (C=O) groups is 1. The van der Waals surface area contributed by atoms with Gasteiger partial charge in [-0.25, -0.2) is 9.78 Å². The molecule has 6 heteroatoms. The summed E-state index contributed by atoms with van der Waals surface area (Å²) in [4.78, 5) is 18.7. The third-order valence-corrected chi connectivity index (χ3v) is 4.84. The number of aromatic nitrogens is 2. The van der Waals surface area contributed by atoms with E-state index >= 15 is 0 Å². The highest BCUT2D eigenvalue weighted by Crippen LogP contribution is 2.34. The van der Waals surface area contributed by atoms with Crippen molar-refractivity contribution in [2.45, 2.75) is 26.7 Å². The van der Waals surface area contributed by atoms with Gasteiger partial charge in [-0.1, -0.05) is 13.8 Å². The molecule has 0 amide bonds. The van der Waals surface area contributed by atoms with Gasteiger partial charge in [-0.15, -0.1) is 11.3 Å². The van der Waals surface area contributed by atoms with E-state index in [9.17, 15) is 4.79 Å². The predicted molar refractivity (Wildman–Crippen MR) is 85.0 cm³/mol. The number of anilines is 1. The largest absolute Gasteiger partial charge is 0.478 e. The molecule has 0 bridgehead atoms. The van der Waals surface area contributed by atoms with Crippen LogP contribution in [0.15, 0.2) is 17.7 Å². The predicted octanol–water partition coefficient (Wildman–Crippen LogP) is 3.12. The van der Waals surface area contributed by atoms with E-state index in [1.807, 2.05) is 16.0 Å². The molecule has 3 rings (SSSR count). The first-order valence-electron chi connectivity index (χ1n) is 7.08. The topological polar surface area (TPSA) is 57.8 Å². The van der Waals surface area contributed by atoms with Gasteiger partial charge in [0.25, 0.3) is 0 Å². The van der Waals surface area contributed by atoms with Crippen molar-refractivity contribution in [1.82, 2.24) is 9.38 Å². The lowest BCUT2D eigenvalue weighted by atomic mass is 9.83. The van der Waals surface area contributed by atoms with E-state index in [0.717, 1.165) is 42.4 Å². The summed E-state index contributed by atoms with van der Waals surface area (Å²) in [6, 6.07) is 0. The number of hydrogen-bond acceptors (Lipinski definition) is 4. The number of carboxylic acid groups (broad SMARTS) is 1. The van der Waals surface area contributed by atoms with E-state index in [0.29, 0.717) is 5.41 Å². The van der Waals surface area contributed by atoms with Crippen molar-refractivity contribution in [3.63, 3.8) is 0 Å². The highest BCUT2D eigenvalue weighted by Gasteiger charge is 2.28. The zero-order valence-corrected chi connectivity index (χ0v) is 13.1. The van der Waals surface area contributed by atoms with E-state index in [2.05, 4.69) is 23.7 Å². The highest BCUT2D eigenvalue weighted by molar-refractivity contribution is 7.15. The minimum atomic E-state index is -0.939. The van der Waals surface area contributed by atoms with Crippen LogP contribution in [0.2, 0.25) is 0 Å². The summed E-state index contributed by atoms with van der Waals surface area (Å²) in [6.07, 6.45) is 7.01. The zero-order chi connectivity index (χ0) is 15.0. The van der Waals surface area contributed by atoms with Gasteiger partial charge >= 0.3 is 5.97 Å². The van der Waals surface area contributed by atoms with Gasteiger partial charge in [0.2, 0.25) is 0 Å². The molecule has 1 saturated heterocycles. The van der Waals surface area contributed by atoms with Gasteiger partial charge < -0.3 is 10.0 Å². The Morgan fingerprint density at radius 1 is 1.43 bits per heavy atom. The summed E-state index contributed by atoms with van der Waals surface area (Å²) >= 11 is 1.56. The quantitative estimate of drug-likeness (QED) is 0.885. The molecule has 1 aliphatic rings. The minimum Gasteiger partial charge on any atom is -0.478 e. The number of hydrogen-bond donors (Lipinski definition) is 1. The Morgan fingerprint density at radius 3 is 2.81 bits per heavy atom. The third kappa shape index (κ3) is 2.81. The number of piperidine rings is 1. The minimum absolute atomic E-state index is 0.380. The molecule has 0 radical (unpaired) electrons. The Kier molecular flexibility index (Phi) is 3.49. The normalized spacial score (nSPS) is 18.7. The number of rotatable bonds is 3. The van der Waals surface area contributed by atoms with Crippen molar-refractivity contribution in [1.29, 1.82) is 0 Å². The number of nitrogens with zero attached hydrogens (tertiary/aromatic N) is 3. The molecular weight excluding hydrogens is 286 g/mol. The van der Waals surface area contributed by atoms with Crippen molar-refractivity contribution in [2.75, 3.05) is 18.0 Å². The summed E-state index contributed by atoms with van der Waals surface area (Å²) in [7, 11) is 0. The van der Waals surface area contributed by atoms with Crippen molar-refractivity contribution in [3.8, 4) is 0 Å². The van der Waals surface area contributed by atoms with Crippen LogP contribution in [0.1, 0.15) is 32.4 Å². The van der Waals surface area contributed by atoms with Crippen LogP contribution in [0, 0.1) is 5.41 Å². The van der Waals surface area contributed by atoms with Gasteiger partial charge in [0, 0.05) is 30.7 Å². The van der Waals surface area contributed by atoms with Crippen LogP contribution in [0.3, 0.4) is 0 Å². The molecular formula is C15H19N3O2S. The van der Waals surface area contributed by atoms with Gasteiger partial charge in [-0.2, -0.15) is 0 Å². The van der Waals surface area contributed by atoms with E-state index in [1.54, 1.807) is 17.4 Å². The van der Waals surface area contributed by atoms with Gasteiger partial charge in [0.05, 0.1) is 5.69 Å². The average Bonchev–Trinajstić information content (AvgIpc) is 2.97. The molecule has 112 valence electrons. The fourth-order valence-electron chi connectivity index (χ4n) is 2.65. The molecule has 0 aromatic carbocycles. The second-order valence-corrected chi connectivity index (χ2v) is 7.07. The summed E-state index contributed by atoms with van der Waals surface area (Å²) in [5, 5.41) is 10.8. The standard InChI is InChI=1S/C15H19N3O2S/c1-15(2)5-7-17(8-6-15)13-11(3-4-12(19)20)18-9-10-21-14(18)16-13/h3-4,9-10H,5-8H2,1-2H3,(H,19,20). The monoisotopic (exact) mass is 305 g/mol. The Labute approximate surface area is 127 Å². The van der Waals surface area contributed by atoms with Crippen molar-refractivity contribution in [3.05, 3.63) is 23.3 Å². The number of thiazole rings is 1. The number of imidazole rings is 1. The summed E-state index contributed by atoms with van der Waals surface area (Å²) in [6.45, 7) is 6.51. The number of carboxylic acids is 1.